The maximum Gasteiger partial charge on any atom is 0.0450 e. The third kappa shape index (κ3) is 3.11. The summed E-state index contributed by atoms with van der Waals surface area (Å²) in [7, 11) is 0. The quantitative estimate of drug-likeness (QED) is 0.695. The summed E-state index contributed by atoms with van der Waals surface area (Å²) < 4.78 is 0. The van der Waals surface area contributed by atoms with E-state index < -0.39 is 24.0 Å². The van der Waals surface area contributed by atoms with Gasteiger partial charge in [-0.1, -0.05) is 76.2 Å². The number of para-hydroxylation sites is 2. The lowest BCUT2D eigenvalue weighted by atomic mass is 9.66. The number of hydrogen-bond donors (Lipinski definition) is 0. The van der Waals surface area contributed by atoms with Crippen molar-refractivity contribution in [2.24, 2.45) is 11.8 Å². The van der Waals surface area contributed by atoms with E-state index in [0.717, 1.165) is 24.5 Å². The molecule has 0 unspecified atom stereocenters. The van der Waals surface area contributed by atoms with Crippen molar-refractivity contribution in [2.45, 2.75) is 64.6 Å². The number of nitrogens with zero attached hydrogens (tertiary/aromatic N) is 2. The molecule has 1 saturated carbocycles. The SMILES string of the molecule is CCN1/C(=C/C2C([O-])C(/C=C3/N(CC)c4ccccc4C3(C)C)C2[O-])C(C)(C)c2ccccc21. The second-order valence-corrected chi connectivity index (χ2v) is 11.0. The van der Waals surface area contributed by atoms with Gasteiger partial charge in [0.05, 0.1) is 0 Å². The Bertz CT molecular complexity index is 1060. The highest BCUT2D eigenvalue weighted by Gasteiger charge is 2.44. The van der Waals surface area contributed by atoms with Crippen LogP contribution in [0.25, 0.3) is 0 Å². The smallest absolute Gasteiger partial charge is 0.0450 e. The number of anilines is 2. The number of hydrogen-bond acceptors (Lipinski definition) is 4. The molecule has 2 aromatic carbocycles. The molecule has 2 heterocycles. The molecule has 0 bridgehead atoms. The first-order valence-electron chi connectivity index (χ1n) is 12.6. The molecule has 0 amide bonds. The molecule has 4 nitrogen and oxygen atoms in total. The summed E-state index contributed by atoms with van der Waals surface area (Å²) in [5.41, 5.74) is 6.65. The van der Waals surface area contributed by atoms with Gasteiger partial charge in [0, 0.05) is 46.7 Å². The lowest BCUT2D eigenvalue weighted by Crippen LogP contribution is -2.66. The first-order valence-corrected chi connectivity index (χ1v) is 12.6. The standard InChI is InChI=1S/C30H36N2O2/c1-7-31-23-15-11-9-13-21(23)29(3,4)25(31)17-19-27(33)20(28(19)34)18-26-30(5,6)22-14-10-12-16-24(22)32(26)8-2/h9-20,27-28H,7-8H2,1-6H3/q-2/b25-17+,26-18+. The van der Waals surface area contributed by atoms with E-state index in [-0.39, 0.29) is 10.8 Å². The molecule has 3 aliphatic rings. The first kappa shape index (κ1) is 23.2. The minimum absolute atomic E-state index is 0.219. The Kier molecular flexibility index (Phi) is 5.46. The normalized spacial score (nSPS) is 31.1. The number of likely N-dealkylation sites (N-methyl/N-ethyl adjacent to an activating group) is 2. The fourth-order valence-electron chi connectivity index (χ4n) is 6.45. The molecule has 0 spiro atoms. The zero-order chi connectivity index (χ0) is 24.4. The van der Waals surface area contributed by atoms with Crippen molar-refractivity contribution < 1.29 is 10.2 Å². The molecule has 180 valence electrons. The van der Waals surface area contributed by atoms with Crippen LogP contribution in [0, 0.1) is 11.8 Å². The minimum Gasteiger partial charge on any atom is -0.851 e. The summed E-state index contributed by atoms with van der Waals surface area (Å²) in [6, 6.07) is 16.8. The second kappa shape index (κ2) is 8.00. The third-order valence-corrected chi connectivity index (χ3v) is 8.45. The number of fused-ring (bicyclic) bond motifs is 2. The molecule has 5 rings (SSSR count). The Morgan fingerprint density at radius 3 is 1.38 bits per heavy atom. The van der Waals surface area contributed by atoms with Crippen molar-refractivity contribution in [3.63, 3.8) is 0 Å². The van der Waals surface area contributed by atoms with Crippen molar-refractivity contribution >= 4 is 11.4 Å². The van der Waals surface area contributed by atoms with Gasteiger partial charge in [-0.2, -0.15) is 0 Å². The van der Waals surface area contributed by atoms with E-state index in [1.54, 1.807) is 0 Å². The first-order chi connectivity index (χ1) is 16.1. The van der Waals surface area contributed by atoms with Crippen LogP contribution in [0.3, 0.4) is 0 Å². The minimum atomic E-state index is -0.918. The lowest BCUT2D eigenvalue weighted by molar-refractivity contribution is -0.550. The Morgan fingerprint density at radius 2 is 1.03 bits per heavy atom. The average Bonchev–Trinajstić information content (AvgIpc) is 3.19. The summed E-state index contributed by atoms with van der Waals surface area (Å²) >= 11 is 0. The number of benzene rings is 2. The van der Waals surface area contributed by atoms with Crippen molar-refractivity contribution in [1.29, 1.82) is 0 Å². The molecule has 2 aromatic rings. The van der Waals surface area contributed by atoms with Crippen molar-refractivity contribution in [3.8, 4) is 0 Å². The van der Waals surface area contributed by atoms with E-state index in [0.29, 0.717) is 0 Å². The molecule has 4 heteroatoms. The van der Waals surface area contributed by atoms with Crippen LogP contribution in [0.1, 0.15) is 52.7 Å². The predicted molar refractivity (Wildman–Crippen MR) is 136 cm³/mol. The van der Waals surface area contributed by atoms with Crippen molar-refractivity contribution in [2.75, 3.05) is 22.9 Å². The molecule has 0 aromatic heterocycles. The van der Waals surface area contributed by atoms with E-state index in [1.807, 2.05) is 12.2 Å². The van der Waals surface area contributed by atoms with Crippen molar-refractivity contribution in [3.05, 3.63) is 83.2 Å². The van der Waals surface area contributed by atoms with Crippen LogP contribution in [0.5, 0.6) is 0 Å². The van der Waals surface area contributed by atoms with Gasteiger partial charge in [-0.05, 0) is 48.9 Å². The van der Waals surface area contributed by atoms with E-state index >= 15 is 0 Å². The largest absolute Gasteiger partial charge is 0.851 e. The van der Waals surface area contributed by atoms with Crippen LogP contribution in [-0.4, -0.2) is 25.3 Å². The summed E-state index contributed by atoms with van der Waals surface area (Å²) in [5, 5.41) is 26.9. The molecule has 0 atom stereocenters. The zero-order valence-electron chi connectivity index (χ0n) is 21.2. The van der Waals surface area contributed by atoms with Gasteiger partial charge in [-0.15, -0.1) is 12.2 Å². The maximum atomic E-state index is 13.5. The van der Waals surface area contributed by atoms with Crippen LogP contribution in [0.15, 0.2) is 72.1 Å². The Balaban J connectivity index is 1.46. The van der Waals surface area contributed by atoms with Crippen LogP contribution in [0.2, 0.25) is 0 Å². The van der Waals surface area contributed by atoms with Crippen LogP contribution < -0.4 is 20.0 Å². The van der Waals surface area contributed by atoms with E-state index in [4.69, 9.17) is 0 Å². The highest BCUT2D eigenvalue weighted by molar-refractivity contribution is 5.71. The molecule has 0 N–H and O–H groups in total. The highest BCUT2D eigenvalue weighted by Crippen LogP contribution is 2.51. The summed E-state index contributed by atoms with van der Waals surface area (Å²) in [6.07, 6.45) is 2.19. The predicted octanol–water partition coefficient (Wildman–Crippen LogP) is 4.09. The highest BCUT2D eigenvalue weighted by atomic mass is 16.3. The third-order valence-electron chi connectivity index (χ3n) is 8.45. The Hall–Kier alpha value is -2.56. The molecule has 1 fully saturated rings. The fourth-order valence-corrected chi connectivity index (χ4v) is 6.45. The van der Waals surface area contributed by atoms with Gasteiger partial charge in [-0.3, -0.25) is 0 Å². The molecule has 0 radical (unpaired) electrons. The van der Waals surface area contributed by atoms with Gasteiger partial charge in [0.1, 0.15) is 0 Å². The van der Waals surface area contributed by atoms with E-state index in [1.165, 1.54) is 22.5 Å². The summed E-state index contributed by atoms with van der Waals surface area (Å²) in [6.45, 7) is 14.7. The van der Waals surface area contributed by atoms with Crippen LogP contribution in [-0.2, 0) is 10.8 Å². The Morgan fingerprint density at radius 1 is 0.676 bits per heavy atom. The molecule has 0 saturated heterocycles. The molecular weight excluding hydrogens is 420 g/mol. The molecule has 1 aliphatic carbocycles. The van der Waals surface area contributed by atoms with Crippen molar-refractivity contribution in [1.82, 2.24) is 0 Å². The fraction of sp³-hybridized carbons (Fsp3) is 0.467. The van der Waals surface area contributed by atoms with Gasteiger partial charge >= 0.3 is 0 Å². The monoisotopic (exact) mass is 456 g/mol. The molecule has 2 aliphatic heterocycles. The van der Waals surface area contributed by atoms with Gasteiger partial charge in [0.25, 0.3) is 0 Å². The lowest BCUT2D eigenvalue weighted by Gasteiger charge is -2.60. The second-order valence-electron chi connectivity index (χ2n) is 11.0. The van der Waals surface area contributed by atoms with Gasteiger partial charge in [0.2, 0.25) is 0 Å². The topological polar surface area (TPSA) is 52.6 Å². The molecular formula is C30H36N2O2-2. The van der Waals surface area contributed by atoms with E-state index in [2.05, 4.69) is 99.9 Å². The van der Waals surface area contributed by atoms with Crippen LogP contribution >= 0.6 is 0 Å². The summed E-state index contributed by atoms with van der Waals surface area (Å²) in [4.78, 5) is 4.55. The number of rotatable bonds is 4. The number of allylic oxidation sites excluding steroid dienone is 2. The molecule has 34 heavy (non-hydrogen) atoms. The van der Waals surface area contributed by atoms with E-state index in [9.17, 15) is 10.2 Å². The average molecular weight is 457 g/mol. The van der Waals surface area contributed by atoms with Gasteiger partial charge in [0.15, 0.2) is 0 Å². The van der Waals surface area contributed by atoms with Crippen LogP contribution in [0.4, 0.5) is 11.4 Å². The van der Waals surface area contributed by atoms with Gasteiger partial charge in [-0.25, -0.2) is 0 Å². The summed E-state index contributed by atoms with van der Waals surface area (Å²) in [5.74, 6) is -0.997. The zero-order valence-corrected chi connectivity index (χ0v) is 21.2. The van der Waals surface area contributed by atoms with Gasteiger partial charge < -0.3 is 20.0 Å². The Labute approximate surface area is 204 Å². The maximum absolute atomic E-state index is 13.5.